The van der Waals surface area contributed by atoms with Gasteiger partial charge in [-0.1, -0.05) is 13.3 Å². The fourth-order valence-corrected chi connectivity index (χ4v) is 3.71. The molecule has 0 unspecified atom stereocenters. The maximum Gasteiger partial charge on any atom is 0.240 e. The quantitative estimate of drug-likeness (QED) is 0.729. The van der Waals surface area contributed by atoms with Gasteiger partial charge in [-0.2, -0.15) is 0 Å². The van der Waals surface area contributed by atoms with Crippen LogP contribution < -0.4 is 0 Å². The lowest BCUT2D eigenvalue weighted by Crippen LogP contribution is -2.48. The average molecular weight is 318 g/mol. The molecule has 7 heteroatoms. The Morgan fingerprint density at radius 1 is 1.29 bits per heavy atom. The molecule has 2 aliphatic heterocycles. The first-order chi connectivity index (χ1) is 9.84. The summed E-state index contributed by atoms with van der Waals surface area (Å²) in [6, 6.07) is 0.328. The van der Waals surface area contributed by atoms with E-state index in [1.54, 1.807) is 4.90 Å². The van der Waals surface area contributed by atoms with E-state index in [1.165, 1.54) is 6.92 Å². The van der Waals surface area contributed by atoms with Gasteiger partial charge in [0.05, 0.1) is 13.2 Å². The third-order valence-electron chi connectivity index (χ3n) is 4.75. The van der Waals surface area contributed by atoms with Gasteiger partial charge < -0.3 is 9.64 Å². The molecule has 2 aliphatic rings. The van der Waals surface area contributed by atoms with Gasteiger partial charge >= 0.3 is 0 Å². The minimum atomic E-state index is -3.33. The van der Waals surface area contributed by atoms with E-state index >= 15 is 0 Å². The number of nitrogens with zero attached hydrogens (tertiary/aromatic N) is 2. The first-order valence-electron chi connectivity index (χ1n) is 7.64. The number of hydrogen-bond donors (Lipinski definition) is 0. The van der Waals surface area contributed by atoms with Gasteiger partial charge in [0.15, 0.2) is 9.84 Å². The first-order valence-corrected chi connectivity index (χ1v) is 9.59. The number of sulfone groups is 1. The zero-order valence-electron chi connectivity index (χ0n) is 13.1. The summed E-state index contributed by atoms with van der Waals surface area (Å²) in [5, 5.41) is -0.946. The molecule has 2 saturated heterocycles. The lowest BCUT2D eigenvalue weighted by Gasteiger charge is -2.34. The molecular weight excluding hydrogens is 292 g/mol. The Morgan fingerprint density at radius 2 is 1.90 bits per heavy atom. The van der Waals surface area contributed by atoms with Crippen LogP contribution in [-0.2, 0) is 19.4 Å². The van der Waals surface area contributed by atoms with Gasteiger partial charge in [0, 0.05) is 38.5 Å². The fraction of sp³-hybridized carbons (Fsp3) is 0.929. The molecule has 2 heterocycles. The van der Waals surface area contributed by atoms with Gasteiger partial charge in [-0.25, -0.2) is 8.42 Å². The fourth-order valence-electron chi connectivity index (χ4n) is 3.20. The van der Waals surface area contributed by atoms with Crippen molar-refractivity contribution < 1.29 is 17.9 Å². The number of likely N-dealkylation sites (tertiary alicyclic amines) is 1. The molecule has 0 bridgehead atoms. The minimum absolute atomic E-state index is 0.258. The van der Waals surface area contributed by atoms with E-state index in [9.17, 15) is 13.2 Å². The second-order valence-electron chi connectivity index (χ2n) is 6.10. The summed E-state index contributed by atoms with van der Waals surface area (Å²) in [6.07, 6.45) is 2.13. The van der Waals surface area contributed by atoms with Crippen molar-refractivity contribution in [2.24, 2.45) is 5.92 Å². The van der Waals surface area contributed by atoms with Crippen LogP contribution >= 0.6 is 0 Å². The zero-order valence-corrected chi connectivity index (χ0v) is 13.9. The Hall–Kier alpha value is -0.660. The third kappa shape index (κ3) is 3.76. The van der Waals surface area contributed by atoms with Crippen molar-refractivity contribution in [3.8, 4) is 0 Å². The molecule has 1 amide bonds. The van der Waals surface area contributed by atoms with E-state index in [0.717, 1.165) is 39.0 Å². The van der Waals surface area contributed by atoms with E-state index in [0.29, 0.717) is 25.0 Å². The third-order valence-corrected chi connectivity index (χ3v) is 6.23. The zero-order chi connectivity index (χ0) is 15.6. The van der Waals surface area contributed by atoms with Crippen molar-refractivity contribution in [2.45, 2.75) is 31.6 Å². The monoisotopic (exact) mass is 318 g/mol. The molecule has 0 spiro atoms. The lowest BCUT2D eigenvalue weighted by atomic mass is 9.99. The second kappa shape index (κ2) is 6.62. The molecule has 0 aliphatic carbocycles. The molecule has 0 aromatic heterocycles. The van der Waals surface area contributed by atoms with Crippen LogP contribution in [0.5, 0.6) is 0 Å². The van der Waals surface area contributed by atoms with Crippen LogP contribution in [0, 0.1) is 5.92 Å². The highest BCUT2D eigenvalue weighted by Gasteiger charge is 2.40. The summed E-state index contributed by atoms with van der Waals surface area (Å²) in [6.45, 7) is 8.18. The summed E-state index contributed by atoms with van der Waals surface area (Å²) in [7, 11) is -3.33. The van der Waals surface area contributed by atoms with E-state index < -0.39 is 15.1 Å². The van der Waals surface area contributed by atoms with Crippen molar-refractivity contribution in [1.29, 1.82) is 0 Å². The van der Waals surface area contributed by atoms with Crippen molar-refractivity contribution in [2.75, 3.05) is 45.6 Å². The highest BCUT2D eigenvalue weighted by Crippen LogP contribution is 2.26. The number of rotatable bonds is 4. The van der Waals surface area contributed by atoms with Gasteiger partial charge in [0.1, 0.15) is 5.25 Å². The Balaban J connectivity index is 2.05. The summed E-state index contributed by atoms with van der Waals surface area (Å²) in [5.41, 5.74) is 0. The molecule has 0 aromatic rings. The minimum Gasteiger partial charge on any atom is -0.379 e. The molecule has 2 fully saturated rings. The predicted octanol–water partition coefficient (Wildman–Crippen LogP) is -0.0113. The smallest absolute Gasteiger partial charge is 0.240 e. The van der Waals surface area contributed by atoms with E-state index in [1.807, 2.05) is 0 Å². The van der Waals surface area contributed by atoms with Crippen LogP contribution in [0.25, 0.3) is 0 Å². The largest absolute Gasteiger partial charge is 0.379 e. The van der Waals surface area contributed by atoms with Gasteiger partial charge in [-0.15, -0.1) is 0 Å². The van der Waals surface area contributed by atoms with Crippen LogP contribution in [0.2, 0.25) is 0 Å². The van der Waals surface area contributed by atoms with E-state index in [2.05, 4.69) is 11.8 Å². The first kappa shape index (κ1) is 16.7. The Bertz CT molecular complexity index is 473. The molecule has 0 N–H and O–H groups in total. The molecule has 21 heavy (non-hydrogen) atoms. The van der Waals surface area contributed by atoms with Crippen molar-refractivity contribution in [3.63, 3.8) is 0 Å². The number of carbonyl (C=O) groups is 1. The lowest BCUT2D eigenvalue weighted by molar-refractivity contribution is -0.129. The second-order valence-corrected chi connectivity index (χ2v) is 8.47. The Labute approximate surface area is 127 Å². The predicted molar refractivity (Wildman–Crippen MR) is 80.8 cm³/mol. The molecule has 3 atom stereocenters. The molecule has 0 radical (unpaired) electrons. The Kier molecular flexibility index (Phi) is 5.27. The topological polar surface area (TPSA) is 66.9 Å². The molecule has 2 rings (SSSR count). The van der Waals surface area contributed by atoms with Crippen molar-refractivity contribution >= 4 is 15.7 Å². The summed E-state index contributed by atoms with van der Waals surface area (Å²) >= 11 is 0. The van der Waals surface area contributed by atoms with Crippen molar-refractivity contribution in [3.05, 3.63) is 0 Å². The van der Waals surface area contributed by atoms with Gasteiger partial charge in [0.2, 0.25) is 5.91 Å². The number of amides is 1. The standard InChI is InChI=1S/C14H26N2O4S/c1-4-12-9-16(14(17)11(2)21(3,18)19)10-13(12)15-5-7-20-8-6-15/h11-13H,4-10H2,1-3H3/t11-,12+,13-/m0/s1. The molecule has 0 aromatic carbocycles. The Morgan fingerprint density at radius 3 is 2.43 bits per heavy atom. The maximum atomic E-state index is 12.4. The summed E-state index contributed by atoms with van der Waals surface area (Å²) in [5.74, 6) is 0.158. The van der Waals surface area contributed by atoms with Gasteiger partial charge in [0.25, 0.3) is 0 Å². The average Bonchev–Trinajstić information content (AvgIpc) is 2.90. The molecule has 6 nitrogen and oxygen atoms in total. The van der Waals surface area contributed by atoms with Crippen molar-refractivity contribution in [1.82, 2.24) is 9.80 Å². The number of ether oxygens (including phenoxy) is 1. The highest BCUT2D eigenvalue weighted by atomic mass is 32.2. The van der Waals surface area contributed by atoms with Crippen LogP contribution in [0.1, 0.15) is 20.3 Å². The number of hydrogen-bond acceptors (Lipinski definition) is 5. The maximum absolute atomic E-state index is 12.4. The van der Waals surface area contributed by atoms with E-state index in [4.69, 9.17) is 4.74 Å². The number of morpholine rings is 1. The number of carbonyl (C=O) groups excluding carboxylic acids is 1. The van der Waals surface area contributed by atoms with Gasteiger partial charge in [-0.05, 0) is 12.8 Å². The van der Waals surface area contributed by atoms with Gasteiger partial charge in [-0.3, -0.25) is 9.69 Å². The van der Waals surface area contributed by atoms with Crippen LogP contribution in [0.15, 0.2) is 0 Å². The molecular formula is C14H26N2O4S. The summed E-state index contributed by atoms with van der Waals surface area (Å²) in [4.78, 5) is 16.5. The SMILES string of the molecule is CC[C@@H]1CN(C(=O)[C@H](C)S(C)(=O)=O)C[C@@H]1N1CCOCC1. The molecule has 122 valence electrons. The summed E-state index contributed by atoms with van der Waals surface area (Å²) < 4.78 is 28.6. The van der Waals surface area contributed by atoms with Crippen LogP contribution in [-0.4, -0.2) is 81.1 Å². The van der Waals surface area contributed by atoms with E-state index in [-0.39, 0.29) is 5.91 Å². The van der Waals surface area contributed by atoms with Crippen LogP contribution in [0.3, 0.4) is 0 Å². The highest BCUT2D eigenvalue weighted by molar-refractivity contribution is 7.92. The normalized spacial score (nSPS) is 29.6. The van der Waals surface area contributed by atoms with Crippen LogP contribution in [0.4, 0.5) is 0 Å². The molecule has 0 saturated carbocycles.